The number of methoxy groups -OCH3 is 1. The molecule has 4 aromatic rings. The molecule has 0 aliphatic carbocycles. The minimum Gasteiger partial charge on any atom is -0.508 e. The molecule has 1 unspecified atom stereocenters. The van der Waals surface area contributed by atoms with Gasteiger partial charge in [0.1, 0.15) is 5.75 Å². The molecule has 1 aliphatic heterocycles. The van der Waals surface area contributed by atoms with E-state index in [1.165, 1.54) is 22.2 Å². The van der Waals surface area contributed by atoms with Gasteiger partial charge in [0.05, 0.1) is 0 Å². The molecule has 38 heavy (non-hydrogen) atoms. The van der Waals surface area contributed by atoms with Crippen molar-refractivity contribution in [2.75, 3.05) is 26.8 Å². The first kappa shape index (κ1) is 26.1. The summed E-state index contributed by atoms with van der Waals surface area (Å²) in [5, 5.41) is 10.8. The van der Waals surface area contributed by atoms with E-state index in [0.717, 1.165) is 69.5 Å². The second-order valence-electron chi connectivity index (χ2n) is 10.4. The predicted octanol–water partition coefficient (Wildman–Crippen LogP) is 6.78. The molecule has 198 valence electrons. The molecule has 5 heteroatoms. The molecule has 0 saturated carbocycles. The normalized spacial score (nSPS) is 15.7. The minimum absolute atomic E-state index is 0.275. The number of aryl methyl sites for hydroxylation is 2. The zero-order chi connectivity index (χ0) is 26.3. The monoisotopic (exact) mass is 510 g/mol. The van der Waals surface area contributed by atoms with Crippen LogP contribution in [-0.2, 0) is 22.5 Å². The quantitative estimate of drug-likeness (QED) is 0.239. The van der Waals surface area contributed by atoms with Gasteiger partial charge in [0.15, 0.2) is 0 Å². The second-order valence-corrected chi connectivity index (χ2v) is 10.4. The van der Waals surface area contributed by atoms with Crippen molar-refractivity contribution < 1.29 is 14.6 Å². The molecule has 0 bridgehead atoms. The van der Waals surface area contributed by atoms with Gasteiger partial charge in [0.2, 0.25) is 5.91 Å². The summed E-state index contributed by atoms with van der Waals surface area (Å²) >= 11 is 0. The molecule has 1 amide bonds. The van der Waals surface area contributed by atoms with E-state index in [4.69, 9.17) is 4.74 Å². The number of piperidine rings is 1. The summed E-state index contributed by atoms with van der Waals surface area (Å²) in [5.74, 6) is 0.923. The number of carbonyl (C=O) groups is 1. The molecule has 0 radical (unpaired) electrons. The first-order valence-electron chi connectivity index (χ1n) is 13.9. The third-order valence-corrected chi connectivity index (χ3v) is 7.78. The van der Waals surface area contributed by atoms with Gasteiger partial charge in [-0.2, -0.15) is 0 Å². The van der Waals surface area contributed by atoms with E-state index in [9.17, 15) is 9.90 Å². The number of phenolic OH excluding ortho intramolecular Hbond substituents is 1. The lowest BCUT2D eigenvalue weighted by Crippen LogP contribution is -2.39. The molecule has 1 atom stereocenters. The number of hydrogen-bond donors (Lipinski definition) is 1. The number of para-hydroxylation sites is 1. The summed E-state index contributed by atoms with van der Waals surface area (Å²) in [7, 11) is 1.76. The Bertz CT molecular complexity index is 1340. The van der Waals surface area contributed by atoms with Crippen LogP contribution in [0, 0.1) is 0 Å². The Kier molecular flexibility index (Phi) is 8.44. The minimum atomic E-state index is 0.275. The van der Waals surface area contributed by atoms with Gasteiger partial charge in [-0.3, -0.25) is 4.79 Å². The fraction of sp³-hybridized carbons (Fsp3) is 0.364. The SMILES string of the molecule is COCCCn1c(C2CCCN(C(=O)CCCc3ccc(-c4ccc(O)cc4)cc3)C2)cc2ccccc21. The van der Waals surface area contributed by atoms with Crippen LogP contribution >= 0.6 is 0 Å². The average Bonchev–Trinajstić information content (AvgIpc) is 3.33. The number of benzene rings is 3. The fourth-order valence-electron chi connectivity index (χ4n) is 5.75. The van der Waals surface area contributed by atoms with Crippen molar-refractivity contribution in [1.82, 2.24) is 9.47 Å². The Balaban J connectivity index is 1.18. The van der Waals surface area contributed by atoms with Gasteiger partial charge in [0, 0.05) is 56.9 Å². The molecule has 3 aromatic carbocycles. The van der Waals surface area contributed by atoms with Gasteiger partial charge >= 0.3 is 0 Å². The van der Waals surface area contributed by atoms with Crippen molar-refractivity contribution in [2.24, 2.45) is 0 Å². The average molecular weight is 511 g/mol. The Morgan fingerprint density at radius 1 is 0.974 bits per heavy atom. The van der Waals surface area contributed by atoms with Crippen molar-refractivity contribution >= 4 is 16.8 Å². The van der Waals surface area contributed by atoms with Crippen LogP contribution in [0.4, 0.5) is 0 Å². The largest absolute Gasteiger partial charge is 0.508 e. The van der Waals surface area contributed by atoms with Gasteiger partial charge in [-0.1, -0.05) is 54.6 Å². The summed E-state index contributed by atoms with van der Waals surface area (Å²) in [4.78, 5) is 15.3. The number of phenols is 1. The van der Waals surface area contributed by atoms with Gasteiger partial charge in [-0.05, 0) is 78.4 Å². The highest BCUT2D eigenvalue weighted by Crippen LogP contribution is 2.32. The third-order valence-electron chi connectivity index (χ3n) is 7.78. The maximum atomic E-state index is 13.2. The fourth-order valence-corrected chi connectivity index (χ4v) is 5.75. The van der Waals surface area contributed by atoms with Crippen molar-refractivity contribution in [3.05, 3.63) is 90.1 Å². The van der Waals surface area contributed by atoms with Crippen molar-refractivity contribution in [2.45, 2.75) is 51.0 Å². The lowest BCUT2D eigenvalue weighted by Gasteiger charge is -2.33. The van der Waals surface area contributed by atoms with Gasteiger partial charge in [-0.25, -0.2) is 0 Å². The van der Waals surface area contributed by atoms with Crippen LogP contribution in [0.15, 0.2) is 78.9 Å². The molecule has 2 heterocycles. The van der Waals surface area contributed by atoms with Crippen molar-refractivity contribution in [3.63, 3.8) is 0 Å². The molecule has 1 aromatic heterocycles. The Labute approximate surface area is 225 Å². The summed E-state index contributed by atoms with van der Waals surface area (Å²) in [6.07, 6.45) is 5.49. The van der Waals surface area contributed by atoms with Crippen LogP contribution < -0.4 is 0 Å². The summed E-state index contributed by atoms with van der Waals surface area (Å²) in [6.45, 7) is 3.36. The van der Waals surface area contributed by atoms with Crippen LogP contribution in [0.3, 0.4) is 0 Å². The molecule has 1 fully saturated rings. The van der Waals surface area contributed by atoms with Crippen LogP contribution in [0.25, 0.3) is 22.0 Å². The molecule has 1 N–H and O–H groups in total. The lowest BCUT2D eigenvalue weighted by molar-refractivity contribution is -0.132. The van der Waals surface area contributed by atoms with E-state index in [-0.39, 0.29) is 11.7 Å². The Morgan fingerprint density at radius 2 is 1.71 bits per heavy atom. The second kappa shape index (κ2) is 12.3. The molecule has 5 rings (SSSR count). The number of amides is 1. The van der Waals surface area contributed by atoms with Crippen molar-refractivity contribution in [1.29, 1.82) is 0 Å². The number of carbonyl (C=O) groups excluding carboxylic acids is 1. The Hall–Kier alpha value is -3.57. The van der Waals surface area contributed by atoms with E-state index in [1.807, 2.05) is 12.1 Å². The highest BCUT2D eigenvalue weighted by atomic mass is 16.5. The topological polar surface area (TPSA) is 54.7 Å². The Morgan fingerprint density at radius 3 is 2.47 bits per heavy atom. The first-order valence-corrected chi connectivity index (χ1v) is 13.9. The third kappa shape index (κ3) is 6.11. The maximum Gasteiger partial charge on any atom is 0.222 e. The van der Waals surface area contributed by atoms with E-state index in [2.05, 4.69) is 64.1 Å². The number of aromatic hydroxyl groups is 1. The lowest BCUT2D eigenvalue weighted by atomic mass is 9.94. The van der Waals surface area contributed by atoms with E-state index < -0.39 is 0 Å². The molecule has 5 nitrogen and oxygen atoms in total. The zero-order valence-corrected chi connectivity index (χ0v) is 22.3. The van der Waals surface area contributed by atoms with Crippen LogP contribution in [0.1, 0.15) is 49.3 Å². The predicted molar refractivity (Wildman–Crippen MR) is 153 cm³/mol. The molecular formula is C33H38N2O3. The number of nitrogens with zero attached hydrogens (tertiary/aromatic N) is 2. The van der Waals surface area contributed by atoms with Gasteiger partial charge in [-0.15, -0.1) is 0 Å². The van der Waals surface area contributed by atoms with Gasteiger partial charge in [0.25, 0.3) is 0 Å². The highest BCUT2D eigenvalue weighted by molar-refractivity contribution is 5.81. The van der Waals surface area contributed by atoms with Gasteiger partial charge < -0.3 is 19.3 Å². The number of ether oxygens (including phenoxy) is 1. The van der Waals surface area contributed by atoms with E-state index in [0.29, 0.717) is 12.3 Å². The first-order chi connectivity index (χ1) is 18.6. The summed E-state index contributed by atoms with van der Waals surface area (Å²) in [6, 6.07) is 26.7. The number of fused-ring (bicyclic) bond motifs is 1. The van der Waals surface area contributed by atoms with Crippen molar-refractivity contribution in [3.8, 4) is 16.9 Å². The zero-order valence-electron chi connectivity index (χ0n) is 22.3. The molecule has 0 spiro atoms. The van der Waals surface area contributed by atoms with E-state index >= 15 is 0 Å². The number of aromatic nitrogens is 1. The maximum absolute atomic E-state index is 13.2. The van der Waals surface area contributed by atoms with Crippen LogP contribution in [0.5, 0.6) is 5.75 Å². The van der Waals surface area contributed by atoms with E-state index in [1.54, 1.807) is 19.2 Å². The standard InChI is InChI=1S/C33H38N2O3/c1-38-22-6-21-35-31-10-3-2-8-28(31)23-32(35)29-9-5-20-34(24-29)33(37)11-4-7-25-12-14-26(15-13-25)27-16-18-30(36)19-17-27/h2-3,8,10,12-19,23,29,36H,4-7,9,11,20-22,24H2,1H3. The smallest absolute Gasteiger partial charge is 0.222 e. The summed E-state index contributed by atoms with van der Waals surface area (Å²) in [5.41, 5.74) is 6.09. The highest BCUT2D eigenvalue weighted by Gasteiger charge is 2.27. The molecular weight excluding hydrogens is 472 g/mol. The number of rotatable bonds is 10. The number of hydrogen-bond acceptors (Lipinski definition) is 3. The van der Waals surface area contributed by atoms with Crippen LogP contribution in [-0.4, -0.2) is 47.3 Å². The number of likely N-dealkylation sites (tertiary alicyclic amines) is 1. The summed E-state index contributed by atoms with van der Waals surface area (Å²) < 4.78 is 7.76. The molecule has 1 aliphatic rings. The molecule has 1 saturated heterocycles. The van der Waals surface area contributed by atoms with Crippen LogP contribution in [0.2, 0.25) is 0 Å².